The van der Waals surface area contributed by atoms with Crippen LogP contribution in [0.5, 0.6) is 0 Å². The Morgan fingerprint density at radius 3 is 2.39 bits per heavy atom. The first kappa shape index (κ1) is 23.0. The molecule has 4 rings (SSSR count). The maximum Gasteiger partial charge on any atom is 0.434 e. The van der Waals surface area contributed by atoms with Gasteiger partial charge in [0.1, 0.15) is 0 Å². The SMILES string of the molecule is Cc1ccc(-n2ncc(C(=O)NCC(c3ccccc3)N3CCOCC3)c2C(F)(F)F)cc1. The van der Waals surface area contributed by atoms with Gasteiger partial charge >= 0.3 is 6.18 Å². The molecule has 9 heteroatoms. The average Bonchev–Trinajstić information content (AvgIpc) is 3.27. The minimum Gasteiger partial charge on any atom is -0.379 e. The van der Waals surface area contributed by atoms with Gasteiger partial charge in [0.05, 0.1) is 36.7 Å². The normalized spacial score (nSPS) is 15.9. The molecule has 1 aliphatic rings. The predicted octanol–water partition coefficient (Wildman–Crippen LogP) is 4.00. The largest absolute Gasteiger partial charge is 0.434 e. The van der Waals surface area contributed by atoms with Gasteiger partial charge in [0.15, 0.2) is 5.69 Å². The van der Waals surface area contributed by atoms with Gasteiger partial charge in [-0.3, -0.25) is 9.69 Å². The van der Waals surface area contributed by atoms with Crippen molar-refractivity contribution < 1.29 is 22.7 Å². The molecule has 1 aromatic heterocycles. The van der Waals surface area contributed by atoms with Gasteiger partial charge in [0, 0.05) is 19.6 Å². The number of hydrogen-bond acceptors (Lipinski definition) is 4. The molecule has 1 aliphatic heterocycles. The highest BCUT2D eigenvalue weighted by atomic mass is 19.4. The molecule has 174 valence electrons. The Morgan fingerprint density at radius 1 is 1.09 bits per heavy atom. The van der Waals surface area contributed by atoms with Crippen molar-refractivity contribution in [2.75, 3.05) is 32.8 Å². The van der Waals surface area contributed by atoms with Crippen LogP contribution in [0.4, 0.5) is 13.2 Å². The van der Waals surface area contributed by atoms with Crippen molar-refractivity contribution in [3.63, 3.8) is 0 Å². The van der Waals surface area contributed by atoms with Crippen LogP contribution in [0.1, 0.15) is 33.2 Å². The predicted molar refractivity (Wildman–Crippen MR) is 117 cm³/mol. The zero-order valence-electron chi connectivity index (χ0n) is 18.2. The maximum atomic E-state index is 14.0. The minimum absolute atomic E-state index is 0.163. The number of alkyl halides is 3. The van der Waals surface area contributed by atoms with E-state index in [0.29, 0.717) is 26.3 Å². The average molecular weight is 458 g/mol. The van der Waals surface area contributed by atoms with Gasteiger partial charge in [-0.25, -0.2) is 4.68 Å². The minimum atomic E-state index is -4.75. The van der Waals surface area contributed by atoms with E-state index in [1.165, 1.54) is 0 Å². The van der Waals surface area contributed by atoms with E-state index < -0.39 is 23.3 Å². The van der Waals surface area contributed by atoms with Gasteiger partial charge in [-0.15, -0.1) is 0 Å². The number of carbonyl (C=O) groups excluding carboxylic acids is 1. The molecule has 0 radical (unpaired) electrons. The lowest BCUT2D eigenvalue weighted by molar-refractivity contribution is -0.143. The number of ether oxygens (including phenoxy) is 1. The zero-order chi connectivity index (χ0) is 23.4. The Hall–Kier alpha value is -3.17. The molecular formula is C24H25F3N4O2. The third-order valence-corrected chi connectivity index (χ3v) is 5.69. The first-order chi connectivity index (χ1) is 15.8. The number of rotatable bonds is 6. The second kappa shape index (κ2) is 9.76. The molecule has 1 N–H and O–H groups in total. The Balaban J connectivity index is 1.59. The lowest BCUT2D eigenvalue weighted by Gasteiger charge is -2.35. The second-order valence-electron chi connectivity index (χ2n) is 7.94. The summed E-state index contributed by atoms with van der Waals surface area (Å²) >= 11 is 0. The van der Waals surface area contributed by atoms with Crippen molar-refractivity contribution in [1.29, 1.82) is 0 Å². The molecule has 0 saturated carbocycles. The summed E-state index contributed by atoms with van der Waals surface area (Å²) in [7, 11) is 0. The summed E-state index contributed by atoms with van der Waals surface area (Å²) < 4.78 is 48.1. The highest BCUT2D eigenvalue weighted by Crippen LogP contribution is 2.34. The second-order valence-corrected chi connectivity index (χ2v) is 7.94. The third-order valence-electron chi connectivity index (χ3n) is 5.69. The van der Waals surface area contributed by atoms with Crippen LogP contribution in [-0.2, 0) is 10.9 Å². The van der Waals surface area contributed by atoms with Gasteiger partial charge in [0.25, 0.3) is 5.91 Å². The topological polar surface area (TPSA) is 59.4 Å². The highest BCUT2D eigenvalue weighted by molar-refractivity contribution is 5.95. The van der Waals surface area contributed by atoms with Gasteiger partial charge in [-0.1, -0.05) is 48.0 Å². The number of amides is 1. The number of morpholine rings is 1. The van der Waals surface area contributed by atoms with Gasteiger partial charge in [-0.2, -0.15) is 18.3 Å². The van der Waals surface area contributed by atoms with Crippen LogP contribution in [0.2, 0.25) is 0 Å². The number of benzene rings is 2. The van der Waals surface area contributed by atoms with E-state index in [1.807, 2.05) is 37.3 Å². The van der Waals surface area contributed by atoms with Crippen LogP contribution in [0.15, 0.2) is 60.8 Å². The van der Waals surface area contributed by atoms with Crippen LogP contribution in [0, 0.1) is 6.92 Å². The van der Waals surface area contributed by atoms with Crippen molar-refractivity contribution >= 4 is 5.91 Å². The summed E-state index contributed by atoms with van der Waals surface area (Å²) in [5.74, 6) is -0.810. The molecule has 1 fully saturated rings. The summed E-state index contributed by atoms with van der Waals surface area (Å²) in [5, 5.41) is 6.59. The Kier molecular flexibility index (Phi) is 6.80. The number of aromatic nitrogens is 2. The van der Waals surface area contributed by atoms with E-state index in [9.17, 15) is 18.0 Å². The van der Waals surface area contributed by atoms with Crippen molar-refractivity contribution in [2.24, 2.45) is 0 Å². The quantitative estimate of drug-likeness (QED) is 0.607. The molecule has 1 unspecified atom stereocenters. The first-order valence-corrected chi connectivity index (χ1v) is 10.7. The Labute approximate surface area is 190 Å². The van der Waals surface area contributed by atoms with Crippen LogP contribution in [0.25, 0.3) is 5.69 Å². The molecule has 0 spiro atoms. The van der Waals surface area contributed by atoms with Crippen molar-refractivity contribution in [3.05, 3.63) is 83.2 Å². The molecule has 0 bridgehead atoms. The molecule has 33 heavy (non-hydrogen) atoms. The van der Waals surface area contributed by atoms with Crippen molar-refractivity contribution in [2.45, 2.75) is 19.1 Å². The molecular weight excluding hydrogens is 433 g/mol. The van der Waals surface area contributed by atoms with Crippen LogP contribution < -0.4 is 5.32 Å². The van der Waals surface area contributed by atoms with Crippen molar-refractivity contribution in [3.8, 4) is 5.69 Å². The van der Waals surface area contributed by atoms with E-state index in [0.717, 1.165) is 22.0 Å². The summed E-state index contributed by atoms with van der Waals surface area (Å²) in [6.45, 7) is 4.49. The van der Waals surface area contributed by atoms with E-state index in [-0.39, 0.29) is 18.3 Å². The third kappa shape index (κ3) is 5.26. The van der Waals surface area contributed by atoms with Gasteiger partial charge in [0.2, 0.25) is 0 Å². The molecule has 0 aliphatic carbocycles. The molecule has 6 nitrogen and oxygen atoms in total. The molecule has 1 amide bonds. The zero-order valence-corrected chi connectivity index (χ0v) is 18.2. The van der Waals surface area contributed by atoms with Crippen LogP contribution >= 0.6 is 0 Å². The van der Waals surface area contributed by atoms with E-state index >= 15 is 0 Å². The molecule has 1 atom stereocenters. The van der Waals surface area contributed by atoms with Crippen LogP contribution in [-0.4, -0.2) is 53.4 Å². The van der Waals surface area contributed by atoms with E-state index in [2.05, 4.69) is 15.3 Å². The fourth-order valence-electron chi connectivity index (χ4n) is 3.98. The monoisotopic (exact) mass is 458 g/mol. The van der Waals surface area contributed by atoms with Crippen molar-refractivity contribution in [1.82, 2.24) is 20.0 Å². The highest BCUT2D eigenvalue weighted by Gasteiger charge is 2.40. The molecule has 1 saturated heterocycles. The summed E-state index contributed by atoms with van der Waals surface area (Å²) in [5.41, 5.74) is 0.532. The lowest BCUT2D eigenvalue weighted by atomic mass is 10.0. The number of nitrogens with zero attached hydrogens (tertiary/aromatic N) is 3. The van der Waals surface area contributed by atoms with Gasteiger partial charge in [-0.05, 0) is 24.6 Å². The number of aryl methyl sites for hydroxylation is 1. The van der Waals surface area contributed by atoms with E-state index in [1.54, 1.807) is 24.3 Å². The standard InChI is InChI=1S/C24H25F3N4O2/c1-17-7-9-19(10-8-17)31-22(24(25,26)27)20(15-29-31)23(32)28-16-21(18-5-3-2-4-6-18)30-11-13-33-14-12-30/h2-10,15,21H,11-14,16H2,1H3,(H,28,32). The molecule has 2 heterocycles. The fourth-order valence-corrected chi connectivity index (χ4v) is 3.98. The summed E-state index contributed by atoms with van der Waals surface area (Å²) in [6, 6.07) is 15.9. The number of nitrogens with one attached hydrogen (secondary N) is 1. The smallest absolute Gasteiger partial charge is 0.379 e. The Bertz CT molecular complexity index is 1080. The molecule has 2 aromatic carbocycles. The number of carbonyl (C=O) groups is 1. The fraction of sp³-hybridized carbons (Fsp3) is 0.333. The van der Waals surface area contributed by atoms with Gasteiger partial charge < -0.3 is 10.1 Å². The lowest BCUT2D eigenvalue weighted by Crippen LogP contribution is -2.44. The van der Waals surface area contributed by atoms with Crippen LogP contribution in [0.3, 0.4) is 0 Å². The maximum absolute atomic E-state index is 14.0. The summed E-state index contributed by atoms with van der Waals surface area (Å²) in [6.07, 6.45) is -3.78. The number of halogens is 3. The summed E-state index contributed by atoms with van der Waals surface area (Å²) in [4.78, 5) is 15.1. The number of hydrogen-bond donors (Lipinski definition) is 1. The Morgan fingerprint density at radius 2 is 1.76 bits per heavy atom. The first-order valence-electron chi connectivity index (χ1n) is 10.7. The van der Waals surface area contributed by atoms with E-state index in [4.69, 9.17) is 4.74 Å². The molecule has 3 aromatic rings.